The molecule has 0 bridgehead atoms. The normalized spacial score (nSPS) is 15.0. The lowest BCUT2D eigenvalue weighted by molar-refractivity contribution is 0.484. The lowest BCUT2D eigenvalue weighted by atomic mass is 10.1. The van der Waals surface area contributed by atoms with Gasteiger partial charge in [-0.3, -0.25) is 0 Å². The van der Waals surface area contributed by atoms with Crippen LogP contribution in [0, 0.1) is 13.8 Å². The zero-order chi connectivity index (χ0) is 17.8. The predicted octanol–water partition coefficient (Wildman–Crippen LogP) is 1.11. The van der Waals surface area contributed by atoms with Gasteiger partial charge in [0.05, 0.1) is 11.7 Å². The van der Waals surface area contributed by atoms with E-state index in [1.807, 2.05) is 36.6 Å². The Hall–Kier alpha value is -3.23. The minimum atomic E-state index is 0.392. The highest BCUT2D eigenvalue weighted by Crippen LogP contribution is 2.26. The average molecular weight is 349 g/mol. The fourth-order valence-corrected chi connectivity index (χ4v) is 3.41. The summed E-state index contributed by atoms with van der Waals surface area (Å²) in [6, 6.07) is 8.42. The third kappa shape index (κ3) is 2.27. The van der Waals surface area contributed by atoms with Gasteiger partial charge in [-0.05, 0) is 26.0 Å². The molecule has 1 fully saturated rings. The molecule has 1 aliphatic rings. The van der Waals surface area contributed by atoms with Gasteiger partial charge in [-0.25, -0.2) is 4.98 Å². The lowest BCUT2D eigenvalue weighted by Gasteiger charge is -2.45. The molecule has 0 aromatic carbocycles. The van der Waals surface area contributed by atoms with Crippen LogP contribution in [0.4, 0.5) is 11.6 Å². The molecular weight excluding hydrogens is 330 g/mol. The number of aromatic nitrogens is 7. The van der Waals surface area contributed by atoms with Gasteiger partial charge in [0.25, 0.3) is 0 Å². The van der Waals surface area contributed by atoms with E-state index in [9.17, 15) is 0 Å². The summed E-state index contributed by atoms with van der Waals surface area (Å²) in [5.41, 5.74) is 3.61. The molecule has 0 saturated carbocycles. The van der Waals surface area contributed by atoms with E-state index < -0.39 is 0 Å². The van der Waals surface area contributed by atoms with E-state index in [0.717, 1.165) is 47.4 Å². The maximum Gasteiger partial charge on any atom is 0.177 e. The molecule has 5 heterocycles. The molecule has 4 aromatic heterocycles. The Kier molecular flexibility index (Phi) is 3.12. The smallest absolute Gasteiger partial charge is 0.177 e. The van der Waals surface area contributed by atoms with Crippen LogP contribution in [0.5, 0.6) is 0 Å². The van der Waals surface area contributed by atoms with Crippen molar-refractivity contribution in [2.75, 3.05) is 29.9 Å². The molecule has 0 unspecified atom stereocenters. The standard InChI is InChI=1S/C17H19N9/c1-11-7-17(26-16(19-11)6-12(2)21-26)23(3)13-8-24(9-13)15-5-4-14-20-18-10-25(14)22-15/h4-7,10,13H,8-9H2,1-3H3. The first-order chi connectivity index (χ1) is 12.6. The quantitative estimate of drug-likeness (QED) is 0.548. The molecule has 1 saturated heterocycles. The number of aryl methyl sites for hydroxylation is 2. The molecular formula is C17H19N9. The number of hydrogen-bond acceptors (Lipinski definition) is 7. The van der Waals surface area contributed by atoms with E-state index in [1.165, 1.54) is 0 Å². The van der Waals surface area contributed by atoms with E-state index in [1.54, 1.807) is 10.8 Å². The fraction of sp³-hybridized carbons (Fsp3) is 0.353. The lowest BCUT2D eigenvalue weighted by Crippen LogP contribution is -2.59. The maximum atomic E-state index is 4.59. The number of likely N-dealkylation sites (N-methyl/N-ethyl adjacent to an activating group) is 1. The highest BCUT2D eigenvalue weighted by atomic mass is 15.4. The molecule has 0 spiro atoms. The predicted molar refractivity (Wildman–Crippen MR) is 97.6 cm³/mol. The van der Waals surface area contributed by atoms with Crippen molar-refractivity contribution in [3.05, 3.63) is 42.0 Å². The zero-order valence-electron chi connectivity index (χ0n) is 14.9. The van der Waals surface area contributed by atoms with Crippen LogP contribution in [-0.4, -0.2) is 60.6 Å². The van der Waals surface area contributed by atoms with Crippen LogP contribution in [-0.2, 0) is 0 Å². The molecule has 132 valence electrons. The van der Waals surface area contributed by atoms with Crippen LogP contribution in [0.1, 0.15) is 11.4 Å². The molecule has 5 rings (SSSR count). The van der Waals surface area contributed by atoms with E-state index in [-0.39, 0.29) is 0 Å². The Morgan fingerprint density at radius 1 is 1.04 bits per heavy atom. The van der Waals surface area contributed by atoms with Gasteiger partial charge >= 0.3 is 0 Å². The fourth-order valence-electron chi connectivity index (χ4n) is 3.41. The summed E-state index contributed by atoms with van der Waals surface area (Å²) in [7, 11) is 2.11. The molecule has 0 N–H and O–H groups in total. The number of hydrogen-bond donors (Lipinski definition) is 0. The van der Waals surface area contributed by atoms with Crippen molar-refractivity contribution in [3.63, 3.8) is 0 Å². The Morgan fingerprint density at radius 3 is 2.73 bits per heavy atom. The maximum absolute atomic E-state index is 4.59. The third-order valence-corrected chi connectivity index (χ3v) is 4.90. The van der Waals surface area contributed by atoms with Gasteiger partial charge in [0.15, 0.2) is 11.3 Å². The molecule has 26 heavy (non-hydrogen) atoms. The minimum Gasteiger partial charge on any atom is -0.353 e. The van der Waals surface area contributed by atoms with Crippen molar-refractivity contribution in [1.82, 2.24) is 34.4 Å². The van der Waals surface area contributed by atoms with Crippen LogP contribution in [0.25, 0.3) is 11.3 Å². The zero-order valence-corrected chi connectivity index (χ0v) is 14.9. The summed E-state index contributed by atoms with van der Waals surface area (Å²) in [6.45, 7) is 5.82. The van der Waals surface area contributed by atoms with Crippen LogP contribution in [0.3, 0.4) is 0 Å². The summed E-state index contributed by atoms with van der Waals surface area (Å²) in [5, 5.41) is 17.0. The van der Waals surface area contributed by atoms with Crippen molar-refractivity contribution >= 4 is 22.9 Å². The van der Waals surface area contributed by atoms with Crippen molar-refractivity contribution in [2.24, 2.45) is 0 Å². The Morgan fingerprint density at radius 2 is 1.88 bits per heavy atom. The molecule has 9 nitrogen and oxygen atoms in total. The minimum absolute atomic E-state index is 0.392. The molecule has 0 amide bonds. The van der Waals surface area contributed by atoms with Crippen LogP contribution in [0.15, 0.2) is 30.6 Å². The number of nitrogens with zero attached hydrogens (tertiary/aromatic N) is 9. The summed E-state index contributed by atoms with van der Waals surface area (Å²) in [6.07, 6.45) is 1.62. The Labute approximate surface area is 149 Å². The van der Waals surface area contributed by atoms with Crippen LogP contribution >= 0.6 is 0 Å². The third-order valence-electron chi connectivity index (χ3n) is 4.90. The van der Waals surface area contributed by atoms with Gasteiger partial charge in [0.2, 0.25) is 0 Å². The van der Waals surface area contributed by atoms with Crippen molar-refractivity contribution in [1.29, 1.82) is 0 Å². The van der Waals surface area contributed by atoms with Gasteiger partial charge in [0, 0.05) is 38.0 Å². The average Bonchev–Trinajstić information content (AvgIpc) is 3.17. The second-order valence-corrected chi connectivity index (χ2v) is 6.81. The Balaban J connectivity index is 1.39. The first-order valence-electron chi connectivity index (χ1n) is 8.57. The molecule has 0 atom stereocenters. The second kappa shape index (κ2) is 5.38. The molecule has 1 aliphatic heterocycles. The molecule has 9 heteroatoms. The molecule has 4 aromatic rings. The first-order valence-corrected chi connectivity index (χ1v) is 8.57. The first kappa shape index (κ1) is 15.1. The largest absolute Gasteiger partial charge is 0.353 e. The van der Waals surface area contributed by atoms with Crippen molar-refractivity contribution in [2.45, 2.75) is 19.9 Å². The van der Waals surface area contributed by atoms with E-state index >= 15 is 0 Å². The molecule has 0 radical (unpaired) electrons. The number of rotatable bonds is 3. The summed E-state index contributed by atoms with van der Waals surface area (Å²) < 4.78 is 3.63. The van der Waals surface area contributed by atoms with Crippen molar-refractivity contribution in [3.8, 4) is 0 Å². The summed E-state index contributed by atoms with van der Waals surface area (Å²) >= 11 is 0. The molecule has 0 aliphatic carbocycles. The van der Waals surface area contributed by atoms with Gasteiger partial charge in [-0.15, -0.1) is 15.3 Å². The number of fused-ring (bicyclic) bond motifs is 2. The van der Waals surface area contributed by atoms with Gasteiger partial charge < -0.3 is 9.80 Å². The van der Waals surface area contributed by atoms with Crippen molar-refractivity contribution < 1.29 is 0 Å². The topological polar surface area (TPSA) is 79.8 Å². The van der Waals surface area contributed by atoms with Gasteiger partial charge in [-0.1, -0.05) is 0 Å². The summed E-state index contributed by atoms with van der Waals surface area (Å²) in [4.78, 5) is 9.10. The van der Waals surface area contributed by atoms with E-state index in [2.05, 4.69) is 48.3 Å². The SMILES string of the molecule is Cc1cc(N(C)C2CN(c3ccc4nncn4n3)C2)n2nc(C)cc2n1. The monoisotopic (exact) mass is 349 g/mol. The van der Waals surface area contributed by atoms with Gasteiger partial charge in [0.1, 0.15) is 18.0 Å². The van der Waals surface area contributed by atoms with E-state index in [4.69, 9.17) is 0 Å². The summed E-state index contributed by atoms with van der Waals surface area (Å²) in [5.74, 6) is 2.00. The highest BCUT2D eigenvalue weighted by molar-refractivity contribution is 5.55. The second-order valence-electron chi connectivity index (χ2n) is 6.81. The highest BCUT2D eigenvalue weighted by Gasteiger charge is 2.32. The van der Waals surface area contributed by atoms with Crippen LogP contribution < -0.4 is 9.80 Å². The van der Waals surface area contributed by atoms with Crippen LogP contribution in [0.2, 0.25) is 0 Å². The van der Waals surface area contributed by atoms with E-state index in [0.29, 0.717) is 6.04 Å². The Bertz CT molecular complexity index is 1110. The number of anilines is 2. The van der Waals surface area contributed by atoms with Gasteiger partial charge in [-0.2, -0.15) is 14.1 Å².